The van der Waals surface area contributed by atoms with Gasteiger partial charge in [-0.3, -0.25) is 0 Å². The summed E-state index contributed by atoms with van der Waals surface area (Å²) < 4.78 is 10.6. The van der Waals surface area contributed by atoms with Crippen LogP contribution < -0.4 is 0 Å². The van der Waals surface area contributed by atoms with Crippen LogP contribution in [0.5, 0.6) is 0 Å². The van der Waals surface area contributed by atoms with E-state index in [4.69, 9.17) is 0 Å². The second-order valence-corrected chi connectivity index (χ2v) is 2.79. The van der Waals surface area contributed by atoms with Crippen molar-refractivity contribution in [1.29, 1.82) is 0 Å². The van der Waals surface area contributed by atoms with Crippen molar-refractivity contribution in [3.63, 3.8) is 0 Å². The van der Waals surface area contributed by atoms with Crippen molar-refractivity contribution in [2.75, 3.05) is 0 Å². The van der Waals surface area contributed by atoms with Crippen LogP contribution >= 0.6 is 10.7 Å². The Morgan fingerprint density at radius 3 is 2.00 bits per heavy atom. The summed E-state index contributed by atoms with van der Waals surface area (Å²) in [6.07, 6.45) is 0. The molecule has 1 unspecified atom stereocenters. The predicted molar refractivity (Wildman–Crippen MR) is 21.7 cm³/mol. The summed E-state index contributed by atoms with van der Waals surface area (Å²) in [6.45, 7) is 0. The molecule has 4 heavy (non-hydrogen) atoms. The topological polar surface area (TPSA) is 0 Å². The van der Waals surface area contributed by atoms with E-state index in [0.717, 1.165) is 0 Å². The summed E-state index contributed by atoms with van der Waals surface area (Å²) in [7, 11) is 2.65. The van der Waals surface area contributed by atoms with Gasteiger partial charge in [0.2, 0.25) is 0 Å². The third-order valence-corrected chi connectivity index (χ3v) is 0. The molecule has 1 atom stereocenters. The van der Waals surface area contributed by atoms with Gasteiger partial charge in [-0.15, -0.1) is 3.89 Å². The lowest BCUT2D eigenvalue weighted by Gasteiger charge is -1.54. The van der Waals surface area contributed by atoms with Gasteiger partial charge in [0.25, 0.3) is 0 Å². The highest BCUT2D eigenvalue weighted by atomic mass is 35.7. The van der Waals surface area contributed by atoms with Crippen LogP contribution in [0, 0.1) is 0 Å². The maximum absolute atomic E-state index is 10.6. The lowest BCUT2D eigenvalue weighted by atomic mass is 18.9. The molecule has 0 aromatic rings. The van der Waals surface area contributed by atoms with Crippen LogP contribution in [0.4, 0.5) is 3.89 Å². The Morgan fingerprint density at radius 1 is 2.00 bits per heavy atom. The normalized spacial score (nSPS) is 15.5. The van der Waals surface area contributed by atoms with Crippen LogP contribution in [-0.2, 0) is 20.2 Å². The third-order valence-electron chi connectivity index (χ3n) is 0. The first-order valence-corrected chi connectivity index (χ1v) is 3.35. The standard InChI is InChI=1S/ClFS2/c1-4(2)3. The molecule has 0 nitrogen and oxygen atoms in total. The molecule has 0 N–H and O–H groups in total. The van der Waals surface area contributed by atoms with Gasteiger partial charge in [-0.2, -0.15) is 0 Å². The molecule has 0 aromatic heterocycles. The highest BCUT2D eigenvalue weighted by Crippen LogP contribution is 1.84. The van der Waals surface area contributed by atoms with Crippen molar-refractivity contribution in [3.05, 3.63) is 0 Å². The minimum atomic E-state index is -1.81. The Balaban J connectivity index is 2.80. The Bertz CT molecular complexity index is 29.0. The van der Waals surface area contributed by atoms with Gasteiger partial charge in [0.05, 0.1) is 0 Å². The smallest absolute Gasteiger partial charge is 0.145 e. The van der Waals surface area contributed by atoms with Gasteiger partial charge in [-0.25, -0.2) is 0 Å². The van der Waals surface area contributed by atoms with Crippen LogP contribution in [0.25, 0.3) is 0 Å². The second kappa shape index (κ2) is 2.05. The molecule has 0 spiro atoms. The van der Waals surface area contributed by atoms with E-state index in [-0.39, 0.29) is 0 Å². The average molecular weight is 119 g/mol. The van der Waals surface area contributed by atoms with Crippen molar-refractivity contribution in [2.24, 2.45) is 0 Å². The van der Waals surface area contributed by atoms with E-state index in [9.17, 15) is 3.89 Å². The zero-order valence-electron chi connectivity index (χ0n) is 1.57. The number of halogens is 2. The van der Waals surface area contributed by atoms with E-state index in [2.05, 4.69) is 21.9 Å². The predicted octanol–water partition coefficient (Wildman–Crippen LogP) is 1.10. The average Bonchev–Trinajstić information content (AvgIpc) is 0.811. The summed E-state index contributed by atoms with van der Waals surface area (Å²) in [4.78, 5) is 0. The molecule has 0 saturated heterocycles. The number of hydrogen-bond acceptors (Lipinski definition) is 1. The molecule has 0 rings (SSSR count). The molecule has 0 aliphatic carbocycles. The molecule has 0 amide bonds. The minimum Gasteiger partial charge on any atom is -0.145 e. The molecule has 0 aliphatic rings. The van der Waals surface area contributed by atoms with E-state index in [1.807, 2.05) is 0 Å². The van der Waals surface area contributed by atoms with Gasteiger partial charge >= 0.3 is 0 Å². The van der Waals surface area contributed by atoms with Gasteiger partial charge in [-0.1, -0.05) is 0 Å². The maximum Gasteiger partial charge on any atom is 0.151 e. The molecule has 0 aliphatic heterocycles. The zero-order chi connectivity index (χ0) is 3.58. The Labute approximate surface area is 35.3 Å². The first kappa shape index (κ1) is 4.79. The van der Waals surface area contributed by atoms with Crippen LogP contribution in [0.3, 0.4) is 0 Å². The molecular weight excluding hydrogens is 119 g/mol. The largest absolute Gasteiger partial charge is 0.151 e. The molecule has 4 heteroatoms. The van der Waals surface area contributed by atoms with Crippen molar-refractivity contribution in [2.45, 2.75) is 0 Å². The van der Waals surface area contributed by atoms with E-state index in [0.29, 0.717) is 0 Å². The molecular formula is ClFS2. The van der Waals surface area contributed by atoms with Gasteiger partial charge in [0, 0.05) is 0 Å². The van der Waals surface area contributed by atoms with Crippen LogP contribution in [0.15, 0.2) is 0 Å². The molecule has 0 bridgehead atoms. The van der Waals surface area contributed by atoms with Crippen molar-refractivity contribution in [3.8, 4) is 0 Å². The summed E-state index contributed by atoms with van der Waals surface area (Å²) in [5, 5.41) is 0. The second-order valence-electron chi connectivity index (χ2n) is 0.184. The molecule has 0 radical (unpaired) electrons. The van der Waals surface area contributed by atoms with Gasteiger partial charge in [0.15, 0.2) is 9.05 Å². The highest BCUT2D eigenvalue weighted by Gasteiger charge is 1.63. The zero-order valence-corrected chi connectivity index (χ0v) is 3.96. The van der Waals surface area contributed by atoms with E-state index in [1.165, 1.54) is 0 Å². The lowest BCUT2D eigenvalue weighted by molar-refractivity contribution is 0.945. The third kappa shape index (κ3) is 14.3. The van der Waals surface area contributed by atoms with Gasteiger partial charge < -0.3 is 0 Å². The Morgan fingerprint density at radius 2 is 2.00 bits per heavy atom. The highest BCUT2D eigenvalue weighted by molar-refractivity contribution is 8.39. The fourth-order valence-electron chi connectivity index (χ4n) is 0. The summed E-state index contributed by atoms with van der Waals surface area (Å²) in [5.74, 6) is 0. The maximum atomic E-state index is 10.6. The summed E-state index contributed by atoms with van der Waals surface area (Å²) in [5.41, 5.74) is 0. The molecule has 26 valence electrons. The molecule has 0 aromatic carbocycles. The number of hydrogen-bond donors (Lipinski definition) is 0. The monoisotopic (exact) mass is 118 g/mol. The fourth-order valence-corrected chi connectivity index (χ4v) is 0. The van der Waals surface area contributed by atoms with E-state index in [1.54, 1.807) is 0 Å². The molecule has 0 saturated carbocycles. The SMILES string of the molecule is FS(=S)Cl. The van der Waals surface area contributed by atoms with Gasteiger partial charge in [-0.05, 0) is 21.9 Å². The van der Waals surface area contributed by atoms with Crippen molar-refractivity contribution < 1.29 is 3.89 Å². The Kier molecular flexibility index (Phi) is 2.46. The van der Waals surface area contributed by atoms with Crippen molar-refractivity contribution in [1.82, 2.24) is 0 Å². The van der Waals surface area contributed by atoms with Crippen molar-refractivity contribution >= 4 is 30.9 Å². The first-order valence-electron chi connectivity index (χ1n) is 0.475. The first-order chi connectivity index (χ1) is 1.73. The quantitative estimate of drug-likeness (QED) is 0.430. The van der Waals surface area contributed by atoms with Gasteiger partial charge in [0.1, 0.15) is 0 Å². The van der Waals surface area contributed by atoms with Crippen LogP contribution in [-0.4, -0.2) is 0 Å². The summed E-state index contributed by atoms with van der Waals surface area (Å²) in [6, 6.07) is 0. The van der Waals surface area contributed by atoms with Crippen LogP contribution in [0.2, 0.25) is 0 Å². The molecule has 0 fully saturated rings. The molecule has 0 heterocycles. The fraction of sp³-hybridized carbons (Fsp3) is 0. The minimum absolute atomic E-state index is 1.81. The van der Waals surface area contributed by atoms with E-state index >= 15 is 0 Å². The Hall–Kier alpha value is 0.790. The van der Waals surface area contributed by atoms with Crippen LogP contribution in [0.1, 0.15) is 0 Å². The van der Waals surface area contributed by atoms with E-state index < -0.39 is 9.05 Å². The number of rotatable bonds is 0. The summed E-state index contributed by atoms with van der Waals surface area (Å²) >= 11 is 3.75. The lowest BCUT2D eigenvalue weighted by Crippen LogP contribution is -1.39.